The minimum absolute atomic E-state index is 0.284. The lowest BCUT2D eigenvalue weighted by molar-refractivity contribution is 0.0725. The molecule has 0 unspecified atom stereocenters. The van der Waals surface area contributed by atoms with E-state index in [0.29, 0.717) is 19.0 Å². The van der Waals surface area contributed by atoms with Crippen LogP contribution in [0.15, 0.2) is 16.6 Å². The molecule has 0 heterocycles. The van der Waals surface area contributed by atoms with Crippen LogP contribution in [0.1, 0.15) is 44.0 Å². The molecular weight excluding hydrogens is 328 g/mol. The largest absolute Gasteiger partial charge is 0.338 e. The molecule has 0 saturated heterocycles. The summed E-state index contributed by atoms with van der Waals surface area (Å²) in [5, 5.41) is 0. The first-order valence-electron chi connectivity index (χ1n) is 6.88. The molecule has 0 atom stereocenters. The number of hydrogen-bond donors (Lipinski definition) is 0. The van der Waals surface area contributed by atoms with Crippen molar-refractivity contribution in [2.45, 2.75) is 33.6 Å². The molecule has 0 spiro atoms. The summed E-state index contributed by atoms with van der Waals surface area (Å²) < 4.78 is 28.0. The lowest BCUT2D eigenvalue weighted by Gasteiger charge is -2.25. The molecule has 2 nitrogen and oxygen atoms in total. The molecule has 0 fully saturated rings. The van der Waals surface area contributed by atoms with Crippen LogP contribution in [0.25, 0.3) is 0 Å². The molecule has 1 aromatic rings. The van der Waals surface area contributed by atoms with Crippen molar-refractivity contribution in [1.29, 1.82) is 0 Å². The number of carbonyl (C=O) groups is 1. The number of carbonyl (C=O) groups excluding carboxylic acids is 1. The second-order valence-electron chi connectivity index (χ2n) is 4.77. The normalized spacial score (nSPS) is 10.9. The average molecular weight is 348 g/mol. The summed E-state index contributed by atoms with van der Waals surface area (Å²) in [5.41, 5.74) is -0.471. The quantitative estimate of drug-likeness (QED) is 0.734. The van der Waals surface area contributed by atoms with E-state index in [-0.39, 0.29) is 4.47 Å². The number of hydrogen-bond acceptors (Lipinski definition) is 1. The molecule has 20 heavy (non-hydrogen) atoms. The van der Waals surface area contributed by atoms with Gasteiger partial charge in [-0.05, 0) is 25.0 Å². The topological polar surface area (TPSA) is 20.3 Å². The zero-order chi connectivity index (χ0) is 15.3. The maximum atomic E-state index is 13.8. The van der Waals surface area contributed by atoms with Gasteiger partial charge in [-0.15, -0.1) is 0 Å². The fraction of sp³-hybridized carbons (Fsp3) is 0.533. The van der Waals surface area contributed by atoms with E-state index in [4.69, 9.17) is 0 Å². The summed E-state index contributed by atoms with van der Waals surface area (Å²) in [5.74, 6) is -1.89. The Morgan fingerprint density at radius 3 is 2.10 bits per heavy atom. The molecule has 0 aromatic heterocycles. The third kappa shape index (κ3) is 4.01. The average Bonchev–Trinajstić information content (AvgIpc) is 2.38. The van der Waals surface area contributed by atoms with Crippen molar-refractivity contribution in [3.63, 3.8) is 0 Å². The Balaban J connectivity index is 3.03. The summed E-state index contributed by atoms with van der Waals surface area (Å²) >= 11 is 3.01. The molecule has 0 aliphatic rings. The highest BCUT2D eigenvalue weighted by atomic mass is 79.9. The van der Waals surface area contributed by atoms with Crippen LogP contribution >= 0.6 is 15.9 Å². The Morgan fingerprint density at radius 2 is 1.70 bits per heavy atom. The Morgan fingerprint density at radius 1 is 1.20 bits per heavy atom. The molecule has 0 aliphatic carbocycles. The van der Waals surface area contributed by atoms with E-state index < -0.39 is 23.1 Å². The highest BCUT2D eigenvalue weighted by Gasteiger charge is 2.24. The molecule has 1 amide bonds. The van der Waals surface area contributed by atoms with Gasteiger partial charge in [0.2, 0.25) is 0 Å². The van der Waals surface area contributed by atoms with Crippen LogP contribution in [0.3, 0.4) is 0 Å². The number of benzene rings is 1. The lowest BCUT2D eigenvalue weighted by Crippen LogP contribution is -2.36. The van der Waals surface area contributed by atoms with Gasteiger partial charge in [0.15, 0.2) is 0 Å². The summed E-state index contributed by atoms with van der Waals surface area (Å²) in [7, 11) is 0. The molecule has 0 bridgehead atoms. The molecule has 5 heteroatoms. The molecule has 0 aliphatic heterocycles. The van der Waals surface area contributed by atoms with Crippen molar-refractivity contribution >= 4 is 21.8 Å². The maximum absolute atomic E-state index is 13.8. The summed E-state index contributed by atoms with van der Waals surface area (Å²) in [6, 6.07) is 2.22. The monoisotopic (exact) mass is 347 g/mol. The minimum atomic E-state index is -0.829. The van der Waals surface area contributed by atoms with Gasteiger partial charge in [0, 0.05) is 17.6 Å². The van der Waals surface area contributed by atoms with E-state index in [1.165, 1.54) is 4.90 Å². The van der Waals surface area contributed by atoms with Crippen LogP contribution in [0.4, 0.5) is 8.78 Å². The van der Waals surface area contributed by atoms with E-state index >= 15 is 0 Å². The van der Waals surface area contributed by atoms with Crippen LogP contribution in [0, 0.1) is 17.6 Å². The fourth-order valence-corrected chi connectivity index (χ4v) is 2.52. The van der Waals surface area contributed by atoms with Gasteiger partial charge >= 0.3 is 0 Å². The van der Waals surface area contributed by atoms with Gasteiger partial charge in [0.25, 0.3) is 5.91 Å². The van der Waals surface area contributed by atoms with Crippen molar-refractivity contribution < 1.29 is 13.6 Å². The lowest BCUT2D eigenvalue weighted by atomic mass is 10.0. The molecule has 1 rings (SSSR count). The zero-order valence-electron chi connectivity index (χ0n) is 12.0. The van der Waals surface area contributed by atoms with Crippen molar-refractivity contribution in [3.8, 4) is 0 Å². The summed E-state index contributed by atoms with van der Waals surface area (Å²) in [4.78, 5) is 13.8. The first kappa shape index (κ1) is 17.1. The standard InChI is InChI=1S/C15H20BrF2NO/c1-4-10(5-2)9-19(6-3)15(20)14-12(17)7-11(16)8-13(14)18/h7-8,10H,4-6,9H2,1-3H3. The van der Waals surface area contributed by atoms with E-state index in [1.807, 2.05) is 20.8 Å². The van der Waals surface area contributed by atoms with E-state index in [2.05, 4.69) is 15.9 Å². The van der Waals surface area contributed by atoms with Gasteiger partial charge in [-0.2, -0.15) is 0 Å². The molecular formula is C15H20BrF2NO. The second kappa shape index (κ2) is 7.72. The number of amides is 1. The Hall–Kier alpha value is -0.970. The summed E-state index contributed by atoms with van der Waals surface area (Å²) in [6.45, 7) is 6.87. The number of rotatable bonds is 6. The van der Waals surface area contributed by atoms with E-state index in [1.54, 1.807) is 0 Å². The van der Waals surface area contributed by atoms with Gasteiger partial charge < -0.3 is 4.90 Å². The maximum Gasteiger partial charge on any atom is 0.259 e. The minimum Gasteiger partial charge on any atom is -0.338 e. The van der Waals surface area contributed by atoms with Crippen LogP contribution < -0.4 is 0 Å². The predicted octanol–water partition coefficient (Wildman–Crippen LogP) is 4.63. The number of halogens is 3. The number of nitrogens with zero attached hydrogens (tertiary/aromatic N) is 1. The Bertz CT molecular complexity index is 452. The third-order valence-corrected chi connectivity index (χ3v) is 3.98. The van der Waals surface area contributed by atoms with Gasteiger partial charge in [-0.25, -0.2) is 8.78 Å². The van der Waals surface area contributed by atoms with Crippen LogP contribution in [-0.4, -0.2) is 23.9 Å². The SMILES string of the molecule is CCC(CC)CN(CC)C(=O)c1c(F)cc(Br)cc1F. The molecule has 0 radical (unpaired) electrons. The van der Waals surface area contributed by atoms with Crippen LogP contribution in [0.2, 0.25) is 0 Å². The van der Waals surface area contributed by atoms with Crippen molar-refractivity contribution in [2.24, 2.45) is 5.92 Å². The first-order chi connectivity index (χ1) is 9.44. The van der Waals surface area contributed by atoms with Crippen molar-refractivity contribution in [2.75, 3.05) is 13.1 Å². The molecule has 0 N–H and O–H groups in total. The Kier molecular flexibility index (Phi) is 6.59. The van der Waals surface area contributed by atoms with Gasteiger partial charge in [-0.1, -0.05) is 42.6 Å². The van der Waals surface area contributed by atoms with Gasteiger partial charge in [0.1, 0.15) is 17.2 Å². The highest BCUT2D eigenvalue weighted by Crippen LogP contribution is 2.22. The van der Waals surface area contributed by atoms with Crippen molar-refractivity contribution in [1.82, 2.24) is 4.90 Å². The second-order valence-corrected chi connectivity index (χ2v) is 5.69. The summed E-state index contributed by atoms with van der Waals surface area (Å²) in [6.07, 6.45) is 1.87. The van der Waals surface area contributed by atoms with Crippen LogP contribution in [0.5, 0.6) is 0 Å². The van der Waals surface area contributed by atoms with E-state index in [9.17, 15) is 13.6 Å². The third-order valence-electron chi connectivity index (χ3n) is 3.52. The molecule has 1 aromatic carbocycles. The van der Waals surface area contributed by atoms with Gasteiger partial charge in [0.05, 0.1) is 0 Å². The molecule has 112 valence electrons. The van der Waals surface area contributed by atoms with Crippen LogP contribution in [-0.2, 0) is 0 Å². The fourth-order valence-electron chi connectivity index (χ4n) is 2.12. The van der Waals surface area contributed by atoms with E-state index in [0.717, 1.165) is 25.0 Å². The first-order valence-corrected chi connectivity index (χ1v) is 7.67. The molecule has 0 saturated carbocycles. The zero-order valence-corrected chi connectivity index (χ0v) is 13.6. The van der Waals surface area contributed by atoms with Crippen molar-refractivity contribution in [3.05, 3.63) is 33.8 Å². The highest BCUT2D eigenvalue weighted by molar-refractivity contribution is 9.10. The smallest absolute Gasteiger partial charge is 0.259 e. The Labute approximate surface area is 127 Å². The predicted molar refractivity (Wildman–Crippen MR) is 79.7 cm³/mol. The van der Waals surface area contributed by atoms with Gasteiger partial charge in [-0.3, -0.25) is 4.79 Å².